The Bertz CT molecular complexity index is 1330. The lowest BCUT2D eigenvalue weighted by molar-refractivity contribution is -0.128. The topological polar surface area (TPSA) is 126 Å². The van der Waals surface area contributed by atoms with Crippen LogP contribution in [-0.4, -0.2) is 46.5 Å². The minimum absolute atomic E-state index is 0.0634. The van der Waals surface area contributed by atoms with Gasteiger partial charge in [-0.25, -0.2) is 4.79 Å². The number of carbonyl (C=O) groups excluding carboxylic acids is 2. The Morgan fingerprint density at radius 1 is 1.03 bits per heavy atom. The second-order valence-corrected chi connectivity index (χ2v) is 8.54. The quantitative estimate of drug-likeness (QED) is 0.399. The standard InChI is InChI=1S/C26H29N5O5/c1-36-15-14-31-23(22(25(34)29-26(31)35)27-16-18-6-3-2-4-7-18)28-24(33)20-11-9-19(10-12-20)17-30-13-5-8-21(30)32/h2-4,6-7,9-12,27H,5,8,13-17H2,1H3,(H,28,33)(H,29,34,35). The minimum Gasteiger partial charge on any atom is -0.383 e. The number of likely N-dealkylation sites (tertiary alicyclic amines) is 1. The van der Waals surface area contributed by atoms with E-state index in [-0.39, 0.29) is 30.6 Å². The van der Waals surface area contributed by atoms with Crippen molar-refractivity contribution in [2.45, 2.75) is 32.5 Å². The third-order valence-electron chi connectivity index (χ3n) is 6.02. The van der Waals surface area contributed by atoms with Crippen LogP contribution in [0.25, 0.3) is 0 Å². The number of benzene rings is 2. The van der Waals surface area contributed by atoms with Crippen LogP contribution in [0.4, 0.5) is 11.5 Å². The first-order chi connectivity index (χ1) is 17.5. The van der Waals surface area contributed by atoms with Gasteiger partial charge in [0.05, 0.1) is 13.2 Å². The van der Waals surface area contributed by atoms with Gasteiger partial charge >= 0.3 is 5.69 Å². The molecule has 0 aliphatic carbocycles. The van der Waals surface area contributed by atoms with Gasteiger partial charge in [0.25, 0.3) is 11.5 Å². The first-order valence-corrected chi connectivity index (χ1v) is 11.8. The van der Waals surface area contributed by atoms with Gasteiger partial charge < -0.3 is 20.3 Å². The molecule has 10 nitrogen and oxygen atoms in total. The summed E-state index contributed by atoms with van der Waals surface area (Å²) in [5.74, 6) is -0.276. The van der Waals surface area contributed by atoms with Gasteiger partial charge in [0.2, 0.25) is 5.91 Å². The van der Waals surface area contributed by atoms with Crippen LogP contribution in [0.5, 0.6) is 0 Å². The lowest BCUT2D eigenvalue weighted by Gasteiger charge is -2.18. The third-order valence-corrected chi connectivity index (χ3v) is 6.02. The zero-order chi connectivity index (χ0) is 25.5. The van der Waals surface area contributed by atoms with Crippen molar-refractivity contribution in [3.8, 4) is 0 Å². The van der Waals surface area contributed by atoms with Crippen molar-refractivity contribution in [1.29, 1.82) is 0 Å². The molecule has 4 rings (SSSR count). The van der Waals surface area contributed by atoms with E-state index in [4.69, 9.17) is 4.74 Å². The van der Waals surface area contributed by atoms with Crippen molar-refractivity contribution in [3.05, 3.63) is 92.1 Å². The molecule has 1 saturated heterocycles. The first-order valence-electron chi connectivity index (χ1n) is 11.8. The van der Waals surface area contributed by atoms with Gasteiger partial charge in [-0.05, 0) is 29.7 Å². The fourth-order valence-corrected chi connectivity index (χ4v) is 4.08. The van der Waals surface area contributed by atoms with E-state index in [0.717, 1.165) is 24.1 Å². The Kier molecular flexibility index (Phi) is 7.96. The number of nitrogens with zero attached hydrogens (tertiary/aromatic N) is 2. The largest absolute Gasteiger partial charge is 0.383 e. The summed E-state index contributed by atoms with van der Waals surface area (Å²) in [5.41, 5.74) is 0.989. The van der Waals surface area contributed by atoms with E-state index in [1.807, 2.05) is 30.3 Å². The normalized spacial score (nSPS) is 13.1. The van der Waals surface area contributed by atoms with Crippen molar-refractivity contribution in [2.24, 2.45) is 0 Å². The van der Waals surface area contributed by atoms with Gasteiger partial charge in [-0.15, -0.1) is 0 Å². The molecule has 0 radical (unpaired) electrons. The van der Waals surface area contributed by atoms with Crippen molar-refractivity contribution in [2.75, 3.05) is 30.9 Å². The molecular formula is C26H29N5O5. The smallest absolute Gasteiger partial charge is 0.330 e. The molecule has 36 heavy (non-hydrogen) atoms. The lowest BCUT2D eigenvalue weighted by atomic mass is 10.1. The predicted octanol–water partition coefficient (Wildman–Crippen LogP) is 2.17. The summed E-state index contributed by atoms with van der Waals surface area (Å²) in [6.07, 6.45) is 1.43. The van der Waals surface area contributed by atoms with Crippen LogP contribution in [0.2, 0.25) is 0 Å². The highest BCUT2D eigenvalue weighted by molar-refractivity contribution is 6.05. The molecule has 0 bridgehead atoms. The highest BCUT2D eigenvalue weighted by Crippen LogP contribution is 2.19. The van der Waals surface area contributed by atoms with Crippen LogP contribution < -0.4 is 21.9 Å². The number of carbonyl (C=O) groups is 2. The molecule has 0 atom stereocenters. The number of aromatic amines is 1. The Morgan fingerprint density at radius 3 is 2.44 bits per heavy atom. The van der Waals surface area contributed by atoms with E-state index in [1.165, 1.54) is 11.7 Å². The third kappa shape index (κ3) is 5.89. The zero-order valence-electron chi connectivity index (χ0n) is 20.1. The summed E-state index contributed by atoms with van der Waals surface area (Å²) in [7, 11) is 1.50. The number of anilines is 2. The van der Waals surface area contributed by atoms with Crippen LogP contribution in [-0.2, 0) is 29.2 Å². The number of nitrogens with one attached hydrogen (secondary N) is 3. The number of hydrogen-bond acceptors (Lipinski definition) is 6. The molecule has 188 valence electrons. The molecule has 1 aliphatic heterocycles. The maximum Gasteiger partial charge on any atom is 0.330 e. The number of hydrogen-bond donors (Lipinski definition) is 3. The van der Waals surface area contributed by atoms with Crippen LogP contribution in [0.3, 0.4) is 0 Å². The lowest BCUT2D eigenvalue weighted by Crippen LogP contribution is -2.36. The van der Waals surface area contributed by atoms with E-state index >= 15 is 0 Å². The molecule has 1 aromatic heterocycles. The van der Waals surface area contributed by atoms with Gasteiger partial charge in [-0.2, -0.15) is 0 Å². The van der Waals surface area contributed by atoms with E-state index in [2.05, 4.69) is 15.6 Å². The predicted molar refractivity (Wildman–Crippen MR) is 136 cm³/mol. The average molecular weight is 492 g/mol. The van der Waals surface area contributed by atoms with Crippen molar-refractivity contribution in [3.63, 3.8) is 0 Å². The molecule has 10 heteroatoms. The van der Waals surface area contributed by atoms with E-state index in [9.17, 15) is 19.2 Å². The number of rotatable bonds is 10. The van der Waals surface area contributed by atoms with Crippen LogP contribution in [0.1, 0.15) is 34.3 Å². The molecule has 3 N–H and O–H groups in total. The summed E-state index contributed by atoms with van der Waals surface area (Å²) in [6.45, 7) is 1.89. The minimum atomic E-state index is -0.650. The second kappa shape index (κ2) is 11.5. The van der Waals surface area contributed by atoms with Gasteiger partial charge in [-0.3, -0.25) is 23.9 Å². The molecule has 0 unspecified atom stereocenters. The van der Waals surface area contributed by atoms with Crippen molar-refractivity contribution >= 4 is 23.3 Å². The monoisotopic (exact) mass is 491 g/mol. The van der Waals surface area contributed by atoms with Gasteiger partial charge in [-0.1, -0.05) is 42.5 Å². The fraction of sp³-hybridized carbons (Fsp3) is 0.308. The van der Waals surface area contributed by atoms with Gasteiger partial charge in [0.15, 0.2) is 0 Å². The number of amides is 2. The zero-order valence-corrected chi connectivity index (χ0v) is 20.1. The summed E-state index contributed by atoms with van der Waals surface area (Å²) in [5, 5.41) is 5.80. The van der Waals surface area contributed by atoms with E-state index in [0.29, 0.717) is 25.1 Å². The molecular weight excluding hydrogens is 462 g/mol. The summed E-state index contributed by atoms with van der Waals surface area (Å²) < 4.78 is 6.37. The Hall–Kier alpha value is -4.18. The van der Waals surface area contributed by atoms with Crippen LogP contribution >= 0.6 is 0 Å². The highest BCUT2D eigenvalue weighted by atomic mass is 16.5. The average Bonchev–Trinajstić information content (AvgIpc) is 3.28. The van der Waals surface area contributed by atoms with Crippen LogP contribution in [0.15, 0.2) is 64.2 Å². The molecule has 2 heterocycles. The molecule has 2 aromatic carbocycles. The second-order valence-electron chi connectivity index (χ2n) is 8.54. The Morgan fingerprint density at radius 2 is 1.78 bits per heavy atom. The van der Waals surface area contributed by atoms with Crippen LogP contribution in [0, 0.1) is 0 Å². The summed E-state index contributed by atoms with van der Waals surface area (Å²) >= 11 is 0. The number of H-pyrrole nitrogens is 1. The van der Waals surface area contributed by atoms with Gasteiger partial charge in [0, 0.05) is 38.7 Å². The Labute approximate surface area is 207 Å². The molecule has 2 amide bonds. The van der Waals surface area contributed by atoms with E-state index in [1.54, 1.807) is 29.2 Å². The van der Waals surface area contributed by atoms with Crippen molar-refractivity contribution < 1.29 is 14.3 Å². The molecule has 0 spiro atoms. The number of ether oxygens (including phenoxy) is 1. The van der Waals surface area contributed by atoms with Gasteiger partial charge in [0.1, 0.15) is 11.5 Å². The number of methoxy groups -OCH3 is 1. The van der Waals surface area contributed by atoms with E-state index < -0.39 is 17.2 Å². The molecule has 1 aliphatic rings. The maximum atomic E-state index is 13.1. The SMILES string of the molecule is COCCn1c(NC(=O)c2ccc(CN3CCCC3=O)cc2)c(NCc2ccccc2)c(=O)[nH]c1=O. The molecule has 3 aromatic rings. The molecule has 0 saturated carbocycles. The molecule has 1 fully saturated rings. The maximum absolute atomic E-state index is 13.1. The highest BCUT2D eigenvalue weighted by Gasteiger charge is 2.21. The fourth-order valence-electron chi connectivity index (χ4n) is 4.08. The first kappa shape index (κ1) is 24.9. The van der Waals surface area contributed by atoms with Crippen molar-refractivity contribution in [1.82, 2.24) is 14.5 Å². The summed E-state index contributed by atoms with van der Waals surface area (Å²) in [6, 6.07) is 16.4. The summed E-state index contributed by atoms with van der Waals surface area (Å²) in [4.78, 5) is 54.4. The number of aromatic nitrogens is 2. The Balaban J connectivity index is 1.58.